The Morgan fingerprint density at radius 3 is 2.96 bits per heavy atom. The molecular formula is C15H17N5O3. The van der Waals surface area contributed by atoms with Gasteiger partial charge in [-0.3, -0.25) is 4.79 Å². The quantitative estimate of drug-likeness (QED) is 0.848. The minimum atomic E-state index is -0.456. The van der Waals surface area contributed by atoms with E-state index in [4.69, 9.17) is 4.74 Å². The van der Waals surface area contributed by atoms with Crippen molar-refractivity contribution in [2.75, 3.05) is 13.2 Å². The molecule has 0 radical (unpaired) electrons. The summed E-state index contributed by atoms with van der Waals surface area (Å²) in [5, 5.41) is 10.6. The SMILES string of the molecule is CCOC(=O)CNC(=O)N1Cc2ccccc2-n2nncc2C1. The molecule has 2 heterocycles. The fourth-order valence-electron chi connectivity index (χ4n) is 2.49. The number of carbonyl (C=O) groups is 2. The maximum atomic E-state index is 12.4. The van der Waals surface area contributed by atoms with Crippen molar-refractivity contribution in [2.24, 2.45) is 0 Å². The highest BCUT2D eigenvalue weighted by Crippen LogP contribution is 2.22. The number of amides is 2. The van der Waals surface area contributed by atoms with Crippen LogP contribution in [0.2, 0.25) is 0 Å². The van der Waals surface area contributed by atoms with E-state index >= 15 is 0 Å². The summed E-state index contributed by atoms with van der Waals surface area (Å²) >= 11 is 0. The van der Waals surface area contributed by atoms with E-state index in [1.165, 1.54) is 0 Å². The molecule has 1 aromatic carbocycles. The second-order valence-electron chi connectivity index (χ2n) is 5.09. The first-order valence-corrected chi connectivity index (χ1v) is 7.35. The van der Waals surface area contributed by atoms with Gasteiger partial charge in [-0.1, -0.05) is 23.4 Å². The lowest BCUT2D eigenvalue weighted by Crippen LogP contribution is -2.41. The van der Waals surface area contributed by atoms with Crippen LogP contribution in [-0.2, 0) is 22.6 Å². The molecule has 0 unspecified atom stereocenters. The largest absolute Gasteiger partial charge is 0.465 e. The second kappa shape index (κ2) is 6.47. The number of urea groups is 1. The Labute approximate surface area is 133 Å². The number of para-hydroxylation sites is 1. The summed E-state index contributed by atoms with van der Waals surface area (Å²) in [6.07, 6.45) is 1.63. The molecular weight excluding hydrogens is 298 g/mol. The summed E-state index contributed by atoms with van der Waals surface area (Å²) in [6, 6.07) is 7.38. The molecule has 1 N–H and O–H groups in total. The highest BCUT2D eigenvalue weighted by atomic mass is 16.5. The molecule has 0 aliphatic carbocycles. The molecule has 0 fully saturated rings. The lowest BCUT2D eigenvalue weighted by Gasteiger charge is -2.20. The van der Waals surface area contributed by atoms with E-state index in [0.29, 0.717) is 13.1 Å². The number of nitrogens with zero attached hydrogens (tertiary/aromatic N) is 4. The highest BCUT2D eigenvalue weighted by Gasteiger charge is 2.23. The van der Waals surface area contributed by atoms with Gasteiger partial charge >= 0.3 is 12.0 Å². The summed E-state index contributed by atoms with van der Waals surface area (Å²) in [5.41, 5.74) is 2.67. The zero-order valence-electron chi connectivity index (χ0n) is 12.7. The number of rotatable bonds is 3. The van der Waals surface area contributed by atoms with Crippen LogP contribution >= 0.6 is 0 Å². The van der Waals surface area contributed by atoms with Crippen LogP contribution in [0.25, 0.3) is 5.69 Å². The van der Waals surface area contributed by atoms with Crippen LogP contribution < -0.4 is 5.32 Å². The van der Waals surface area contributed by atoms with E-state index in [9.17, 15) is 9.59 Å². The van der Waals surface area contributed by atoms with E-state index in [1.807, 2.05) is 24.3 Å². The summed E-state index contributed by atoms with van der Waals surface area (Å²) in [7, 11) is 0. The molecule has 2 aromatic rings. The first kappa shape index (κ1) is 15.0. The lowest BCUT2D eigenvalue weighted by molar-refractivity contribution is -0.141. The maximum Gasteiger partial charge on any atom is 0.325 e. The van der Waals surface area contributed by atoms with Crippen LogP contribution in [0.4, 0.5) is 4.79 Å². The molecule has 0 bridgehead atoms. The van der Waals surface area contributed by atoms with Gasteiger partial charge in [-0.25, -0.2) is 9.48 Å². The zero-order valence-corrected chi connectivity index (χ0v) is 12.7. The Morgan fingerprint density at radius 2 is 2.13 bits per heavy atom. The van der Waals surface area contributed by atoms with Gasteiger partial charge in [0.05, 0.1) is 30.7 Å². The molecule has 8 nitrogen and oxygen atoms in total. The minimum Gasteiger partial charge on any atom is -0.465 e. The Kier molecular flexibility index (Phi) is 4.22. The molecule has 0 saturated heterocycles. The number of fused-ring (bicyclic) bond motifs is 3. The third-order valence-corrected chi connectivity index (χ3v) is 3.53. The number of ether oxygens (including phenoxy) is 1. The van der Waals surface area contributed by atoms with E-state index in [-0.39, 0.29) is 19.2 Å². The van der Waals surface area contributed by atoms with Crippen molar-refractivity contribution in [1.29, 1.82) is 0 Å². The van der Waals surface area contributed by atoms with E-state index in [2.05, 4.69) is 15.6 Å². The van der Waals surface area contributed by atoms with E-state index in [1.54, 1.807) is 22.7 Å². The Balaban J connectivity index is 1.78. The zero-order chi connectivity index (χ0) is 16.2. The first-order valence-electron chi connectivity index (χ1n) is 7.35. The van der Waals surface area contributed by atoms with Crippen molar-refractivity contribution in [1.82, 2.24) is 25.2 Å². The van der Waals surface area contributed by atoms with Crippen molar-refractivity contribution in [3.8, 4) is 5.69 Å². The number of aromatic nitrogens is 3. The minimum absolute atomic E-state index is 0.150. The molecule has 8 heteroatoms. The van der Waals surface area contributed by atoms with Crippen molar-refractivity contribution < 1.29 is 14.3 Å². The van der Waals surface area contributed by atoms with Gasteiger partial charge < -0.3 is 15.0 Å². The molecule has 0 spiro atoms. The van der Waals surface area contributed by atoms with Gasteiger partial charge in [0.25, 0.3) is 0 Å². The predicted molar refractivity (Wildman–Crippen MR) is 80.6 cm³/mol. The van der Waals surface area contributed by atoms with E-state index in [0.717, 1.165) is 16.9 Å². The first-order chi connectivity index (χ1) is 11.2. The molecule has 0 saturated carbocycles. The molecule has 3 rings (SSSR count). The number of benzene rings is 1. The van der Waals surface area contributed by atoms with Crippen molar-refractivity contribution in [3.05, 3.63) is 41.7 Å². The Bertz CT molecular complexity index is 727. The predicted octanol–water partition coefficient (Wildman–Crippen LogP) is 0.856. The molecule has 0 atom stereocenters. The standard InChI is InChI=1S/C15H17N5O3/c1-2-23-14(21)8-16-15(22)19-9-11-5-3-4-6-13(11)20-12(10-19)7-17-18-20/h3-7H,2,8-10H2,1H3,(H,16,22). The fourth-order valence-corrected chi connectivity index (χ4v) is 2.49. The number of hydrogen-bond donors (Lipinski definition) is 1. The third kappa shape index (κ3) is 3.15. The van der Waals surface area contributed by atoms with Gasteiger partial charge in [0.15, 0.2) is 0 Å². The number of hydrogen-bond acceptors (Lipinski definition) is 5. The van der Waals surface area contributed by atoms with Crippen LogP contribution in [-0.4, -0.2) is 45.0 Å². The van der Waals surface area contributed by atoms with Crippen molar-refractivity contribution >= 4 is 12.0 Å². The number of carbonyl (C=O) groups excluding carboxylic acids is 2. The van der Waals surface area contributed by atoms with Gasteiger partial charge in [0.2, 0.25) is 0 Å². The molecule has 2 amide bonds. The Morgan fingerprint density at radius 1 is 1.30 bits per heavy atom. The van der Waals surface area contributed by atoms with Gasteiger partial charge in [-0.15, -0.1) is 5.10 Å². The van der Waals surface area contributed by atoms with Gasteiger partial charge in [-0.05, 0) is 18.6 Å². The van der Waals surface area contributed by atoms with Crippen LogP contribution in [0, 0.1) is 0 Å². The smallest absolute Gasteiger partial charge is 0.325 e. The summed E-state index contributed by atoms with van der Waals surface area (Å²) in [6.45, 7) is 2.64. The summed E-state index contributed by atoms with van der Waals surface area (Å²) in [4.78, 5) is 25.3. The molecule has 120 valence electrons. The summed E-state index contributed by atoms with van der Waals surface area (Å²) < 4.78 is 6.54. The van der Waals surface area contributed by atoms with Crippen LogP contribution in [0.1, 0.15) is 18.2 Å². The average Bonchev–Trinajstić information content (AvgIpc) is 2.95. The Hall–Kier alpha value is -2.90. The lowest BCUT2D eigenvalue weighted by atomic mass is 10.2. The van der Waals surface area contributed by atoms with E-state index < -0.39 is 5.97 Å². The number of esters is 1. The third-order valence-electron chi connectivity index (χ3n) is 3.53. The summed E-state index contributed by atoms with van der Waals surface area (Å²) in [5.74, 6) is -0.456. The highest BCUT2D eigenvalue weighted by molar-refractivity contribution is 5.81. The molecule has 23 heavy (non-hydrogen) atoms. The van der Waals surface area contributed by atoms with Crippen LogP contribution in [0.15, 0.2) is 30.5 Å². The molecule has 1 aliphatic heterocycles. The topological polar surface area (TPSA) is 89.4 Å². The van der Waals surface area contributed by atoms with Crippen molar-refractivity contribution in [2.45, 2.75) is 20.0 Å². The maximum absolute atomic E-state index is 12.4. The molecule has 1 aromatic heterocycles. The molecule has 1 aliphatic rings. The monoisotopic (exact) mass is 315 g/mol. The normalized spacial score (nSPS) is 12.8. The average molecular weight is 315 g/mol. The van der Waals surface area contributed by atoms with Crippen LogP contribution in [0.5, 0.6) is 0 Å². The number of nitrogens with one attached hydrogen (secondary N) is 1. The van der Waals surface area contributed by atoms with Gasteiger partial charge in [0, 0.05) is 6.54 Å². The van der Waals surface area contributed by atoms with Gasteiger partial charge in [-0.2, -0.15) is 0 Å². The van der Waals surface area contributed by atoms with Gasteiger partial charge in [0.1, 0.15) is 6.54 Å². The van der Waals surface area contributed by atoms with Crippen molar-refractivity contribution in [3.63, 3.8) is 0 Å². The fraction of sp³-hybridized carbons (Fsp3) is 0.333. The van der Waals surface area contributed by atoms with Crippen LogP contribution in [0.3, 0.4) is 0 Å². The second-order valence-corrected chi connectivity index (χ2v) is 5.09.